The number of hydrogen-bond acceptors (Lipinski definition) is 3. The van der Waals surface area contributed by atoms with Crippen molar-refractivity contribution in [3.63, 3.8) is 0 Å². The second-order valence-corrected chi connectivity index (χ2v) is 5.97. The van der Waals surface area contributed by atoms with E-state index in [-0.39, 0.29) is 12.5 Å². The third kappa shape index (κ3) is 3.26. The van der Waals surface area contributed by atoms with Gasteiger partial charge in [-0.15, -0.1) is 0 Å². The van der Waals surface area contributed by atoms with Crippen LogP contribution in [-0.4, -0.2) is 24.8 Å². The fourth-order valence-electron chi connectivity index (χ4n) is 2.64. The first-order valence-corrected chi connectivity index (χ1v) is 7.76. The van der Waals surface area contributed by atoms with Gasteiger partial charge in [0.05, 0.1) is 12.2 Å². The van der Waals surface area contributed by atoms with Crippen LogP contribution in [0, 0.1) is 6.92 Å². The number of nitrogens with one attached hydrogen (secondary N) is 1. The first-order chi connectivity index (χ1) is 11.0. The maximum atomic E-state index is 12.1. The Labute approximate surface area is 135 Å². The van der Waals surface area contributed by atoms with Gasteiger partial charge in [-0.2, -0.15) is 0 Å². The third-order valence-corrected chi connectivity index (χ3v) is 3.79. The van der Waals surface area contributed by atoms with E-state index >= 15 is 0 Å². The molecule has 0 aromatic carbocycles. The van der Waals surface area contributed by atoms with Gasteiger partial charge in [0.2, 0.25) is 5.91 Å². The molecule has 1 amide bonds. The monoisotopic (exact) mass is 311 g/mol. The van der Waals surface area contributed by atoms with Crippen LogP contribution in [0.3, 0.4) is 0 Å². The molecule has 0 radical (unpaired) electrons. The van der Waals surface area contributed by atoms with Gasteiger partial charge in [-0.25, -0.2) is 9.97 Å². The zero-order valence-corrected chi connectivity index (χ0v) is 13.7. The van der Waals surface area contributed by atoms with Gasteiger partial charge in [-0.3, -0.25) is 4.79 Å². The van der Waals surface area contributed by atoms with Gasteiger partial charge in [-0.05, 0) is 19.1 Å². The standard InChI is InChI=1S/C17H21N5O/c1-12(2)17-18-7-8-21(17)11-16(23)19-9-14-10-22-13(3)5-4-6-15(22)20-14/h4-8,10,12H,9,11H2,1-3H3,(H,19,23). The highest BCUT2D eigenvalue weighted by atomic mass is 16.1. The minimum Gasteiger partial charge on any atom is -0.349 e. The summed E-state index contributed by atoms with van der Waals surface area (Å²) in [6, 6.07) is 5.97. The van der Waals surface area contributed by atoms with E-state index in [1.807, 2.05) is 46.5 Å². The average molecular weight is 311 g/mol. The molecule has 6 nitrogen and oxygen atoms in total. The summed E-state index contributed by atoms with van der Waals surface area (Å²) in [6.45, 7) is 6.86. The number of pyridine rings is 1. The number of amides is 1. The lowest BCUT2D eigenvalue weighted by atomic mass is 10.2. The van der Waals surface area contributed by atoms with Crippen LogP contribution in [0.2, 0.25) is 0 Å². The van der Waals surface area contributed by atoms with Gasteiger partial charge in [-0.1, -0.05) is 19.9 Å². The van der Waals surface area contributed by atoms with Crippen LogP contribution in [0.25, 0.3) is 5.65 Å². The van der Waals surface area contributed by atoms with Crippen molar-refractivity contribution in [1.29, 1.82) is 0 Å². The van der Waals surface area contributed by atoms with Crippen LogP contribution in [-0.2, 0) is 17.9 Å². The summed E-state index contributed by atoms with van der Waals surface area (Å²) in [5.74, 6) is 1.17. The minimum absolute atomic E-state index is 0.0429. The Morgan fingerprint density at radius 3 is 2.91 bits per heavy atom. The molecule has 3 aromatic rings. The van der Waals surface area contributed by atoms with Crippen LogP contribution in [0.15, 0.2) is 36.8 Å². The molecule has 0 atom stereocenters. The molecule has 1 N–H and O–H groups in total. The fourth-order valence-corrected chi connectivity index (χ4v) is 2.64. The zero-order valence-electron chi connectivity index (χ0n) is 13.7. The second-order valence-electron chi connectivity index (χ2n) is 5.97. The van der Waals surface area contributed by atoms with Gasteiger partial charge in [0, 0.05) is 30.2 Å². The van der Waals surface area contributed by atoms with Crippen molar-refractivity contribution in [1.82, 2.24) is 24.3 Å². The molecule has 3 heterocycles. The van der Waals surface area contributed by atoms with Crippen molar-refractivity contribution >= 4 is 11.6 Å². The van der Waals surface area contributed by atoms with Crippen LogP contribution >= 0.6 is 0 Å². The second kappa shape index (κ2) is 6.24. The highest BCUT2D eigenvalue weighted by molar-refractivity contribution is 5.75. The van der Waals surface area contributed by atoms with Crippen molar-refractivity contribution in [2.75, 3.05) is 0 Å². The number of hydrogen-bond donors (Lipinski definition) is 1. The maximum absolute atomic E-state index is 12.1. The van der Waals surface area contributed by atoms with E-state index in [1.54, 1.807) is 6.20 Å². The molecule has 6 heteroatoms. The Morgan fingerprint density at radius 1 is 1.35 bits per heavy atom. The summed E-state index contributed by atoms with van der Waals surface area (Å²) in [5.41, 5.74) is 2.86. The van der Waals surface area contributed by atoms with Crippen molar-refractivity contribution in [2.24, 2.45) is 0 Å². The lowest BCUT2D eigenvalue weighted by Gasteiger charge is -2.10. The predicted molar refractivity (Wildman–Crippen MR) is 88.1 cm³/mol. The molecule has 0 fully saturated rings. The molecular formula is C17H21N5O. The Kier molecular flexibility index (Phi) is 4.14. The summed E-state index contributed by atoms with van der Waals surface area (Å²) in [7, 11) is 0. The maximum Gasteiger partial charge on any atom is 0.240 e. The van der Waals surface area contributed by atoms with Gasteiger partial charge >= 0.3 is 0 Å². The molecule has 0 aliphatic heterocycles. The van der Waals surface area contributed by atoms with E-state index in [0.29, 0.717) is 12.5 Å². The summed E-state index contributed by atoms with van der Waals surface area (Å²) < 4.78 is 3.90. The molecule has 3 aromatic heterocycles. The Bertz CT molecular complexity index is 830. The summed E-state index contributed by atoms with van der Waals surface area (Å²) >= 11 is 0. The normalized spacial score (nSPS) is 11.3. The van der Waals surface area contributed by atoms with E-state index in [1.165, 1.54) is 0 Å². The highest BCUT2D eigenvalue weighted by Gasteiger charge is 2.11. The third-order valence-electron chi connectivity index (χ3n) is 3.79. The first kappa shape index (κ1) is 15.3. The van der Waals surface area contributed by atoms with Crippen LogP contribution in [0.5, 0.6) is 0 Å². The van der Waals surface area contributed by atoms with E-state index in [4.69, 9.17) is 0 Å². The van der Waals surface area contributed by atoms with E-state index < -0.39 is 0 Å². The Balaban J connectivity index is 1.64. The number of carbonyl (C=O) groups is 1. The van der Waals surface area contributed by atoms with Crippen LogP contribution in [0.4, 0.5) is 0 Å². The number of carbonyl (C=O) groups excluding carboxylic acids is 1. The zero-order chi connectivity index (χ0) is 16.4. The summed E-state index contributed by atoms with van der Waals surface area (Å²) in [5, 5.41) is 2.92. The Hall–Kier alpha value is -2.63. The predicted octanol–water partition coefficient (Wildman–Crippen LogP) is 2.28. The highest BCUT2D eigenvalue weighted by Crippen LogP contribution is 2.11. The molecule has 0 unspecified atom stereocenters. The summed E-state index contributed by atoms with van der Waals surface area (Å²) in [6.07, 6.45) is 5.53. The van der Waals surface area contributed by atoms with Crippen molar-refractivity contribution in [3.05, 3.63) is 54.0 Å². The van der Waals surface area contributed by atoms with Gasteiger partial charge < -0.3 is 14.3 Å². The van der Waals surface area contributed by atoms with Crippen LogP contribution in [0.1, 0.15) is 37.0 Å². The van der Waals surface area contributed by atoms with Crippen molar-refractivity contribution in [2.45, 2.75) is 39.8 Å². The van der Waals surface area contributed by atoms with Crippen molar-refractivity contribution < 1.29 is 4.79 Å². The minimum atomic E-state index is -0.0429. The SMILES string of the molecule is Cc1cccc2nc(CNC(=O)Cn3ccnc3C(C)C)cn12. The number of nitrogens with zero attached hydrogens (tertiary/aromatic N) is 4. The molecule has 0 spiro atoms. The fraction of sp³-hybridized carbons (Fsp3) is 0.353. The lowest BCUT2D eigenvalue weighted by molar-refractivity contribution is -0.121. The van der Waals surface area contributed by atoms with E-state index in [0.717, 1.165) is 22.9 Å². The van der Waals surface area contributed by atoms with E-state index in [9.17, 15) is 4.79 Å². The molecule has 3 rings (SSSR count). The largest absolute Gasteiger partial charge is 0.349 e. The molecule has 0 aliphatic rings. The summed E-state index contributed by atoms with van der Waals surface area (Å²) in [4.78, 5) is 21.0. The quantitative estimate of drug-likeness (QED) is 0.786. The number of rotatable bonds is 5. The van der Waals surface area contributed by atoms with Gasteiger partial charge in [0.1, 0.15) is 18.0 Å². The molecular weight excluding hydrogens is 290 g/mol. The number of imidazole rings is 2. The first-order valence-electron chi connectivity index (χ1n) is 7.76. The Morgan fingerprint density at radius 2 is 2.17 bits per heavy atom. The average Bonchev–Trinajstić information content (AvgIpc) is 3.12. The number of fused-ring (bicyclic) bond motifs is 1. The molecule has 120 valence electrons. The molecule has 0 saturated carbocycles. The topological polar surface area (TPSA) is 64.2 Å². The van der Waals surface area contributed by atoms with Crippen LogP contribution < -0.4 is 5.32 Å². The van der Waals surface area contributed by atoms with Gasteiger partial charge in [0.25, 0.3) is 0 Å². The smallest absolute Gasteiger partial charge is 0.240 e. The van der Waals surface area contributed by atoms with Crippen molar-refractivity contribution in [3.8, 4) is 0 Å². The van der Waals surface area contributed by atoms with E-state index in [2.05, 4.69) is 29.1 Å². The lowest BCUT2D eigenvalue weighted by Crippen LogP contribution is -2.27. The molecule has 23 heavy (non-hydrogen) atoms. The number of aromatic nitrogens is 4. The molecule has 0 aliphatic carbocycles. The van der Waals surface area contributed by atoms with Gasteiger partial charge in [0.15, 0.2) is 0 Å². The molecule has 0 bridgehead atoms. The molecule has 0 saturated heterocycles. The number of aryl methyl sites for hydroxylation is 1.